The zero-order valence-corrected chi connectivity index (χ0v) is 15.4. The van der Waals surface area contributed by atoms with Gasteiger partial charge in [-0.3, -0.25) is 0 Å². The van der Waals surface area contributed by atoms with E-state index in [1.54, 1.807) is 0 Å². The molecule has 24 heavy (non-hydrogen) atoms. The first-order valence-electron chi connectivity index (χ1n) is 8.67. The number of para-hydroxylation sites is 1. The van der Waals surface area contributed by atoms with Crippen LogP contribution in [0.15, 0.2) is 46.9 Å². The molecule has 2 aromatic carbocycles. The highest BCUT2D eigenvalue weighted by Crippen LogP contribution is 2.50. The lowest BCUT2D eigenvalue weighted by atomic mass is 9.77. The van der Waals surface area contributed by atoms with Crippen molar-refractivity contribution in [2.45, 2.75) is 31.9 Å². The van der Waals surface area contributed by atoms with Crippen LogP contribution >= 0.6 is 15.9 Å². The lowest BCUT2D eigenvalue weighted by Gasteiger charge is -2.43. The van der Waals surface area contributed by atoms with Gasteiger partial charge in [0.2, 0.25) is 0 Å². The molecule has 4 heteroatoms. The maximum atomic E-state index is 6.21. The van der Waals surface area contributed by atoms with Crippen LogP contribution in [-0.2, 0) is 4.74 Å². The molecule has 0 amide bonds. The minimum absolute atomic E-state index is 0.146. The van der Waals surface area contributed by atoms with E-state index in [1.807, 2.05) is 13.0 Å². The van der Waals surface area contributed by atoms with E-state index in [4.69, 9.17) is 9.47 Å². The summed E-state index contributed by atoms with van der Waals surface area (Å²) in [6, 6.07) is 15.0. The summed E-state index contributed by atoms with van der Waals surface area (Å²) in [5, 5.41) is 3.76. The molecule has 0 radical (unpaired) electrons. The summed E-state index contributed by atoms with van der Waals surface area (Å²) in [4.78, 5) is 0. The standard InChI is InChI=1S/C20H22BrNO2/c1-2-23-18-8-4-3-6-14(18)19-15-7-5-11-24-20(15)16-12-13(21)9-10-17(16)22-19/h3-4,6,8-10,12,15,19-20,22H,2,5,7,11H2,1H3. The Morgan fingerprint density at radius 2 is 2.08 bits per heavy atom. The van der Waals surface area contributed by atoms with E-state index in [1.165, 1.54) is 11.1 Å². The Kier molecular flexibility index (Phi) is 4.51. The Bertz CT molecular complexity index is 733. The highest BCUT2D eigenvalue weighted by atomic mass is 79.9. The molecule has 4 rings (SSSR count). The summed E-state index contributed by atoms with van der Waals surface area (Å²) in [7, 11) is 0. The minimum atomic E-state index is 0.146. The molecule has 0 aromatic heterocycles. The second-order valence-electron chi connectivity index (χ2n) is 6.42. The molecule has 0 bridgehead atoms. The van der Waals surface area contributed by atoms with Crippen LogP contribution in [0.1, 0.15) is 43.0 Å². The summed E-state index contributed by atoms with van der Waals surface area (Å²) in [6.07, 6.45) is 2.42. The van der Waals surface area contributed by atoms with Crippen LogP contribution < -0.4 is 10.1 Å². The predicted octanol–water partition coefficient (Wildman–Crippen LogP) is 5.48. The van der Waals surface area contributed by atoms with Gasteiger partial charge in [0.05, 0.1) is 18.8 Å². The fraction of sp³-hybridized carbons (Fsp3) is 0.400. The van der Waals surface area contributed by atoms with Crippen LogP contribution in [-0.4, -0.2) is 13.2 Å². The average molecular weight is 388 g/mol. The lowest BCUT2D eigenvalue weighted by molar-refractivity contribution is -0.0383. The molecule has 2 aromatic rings. The molecule has 0 spiro atoms. The van der Waals surface area contributed by atoms with Gasteiger partial charge in [-0.05, 0) is 44.0 Å². The maximum Gasteiger partial charge on any atom is 0.124 e. The van der Waals surface area contributed by atoms with Crippen LogP contribution in [0.4, 0.5) is 5.69 Å². The van der Waals surface area contributed by atoms with Gasteiger partial charge < -0.3 is 14.8 Å². The van der Waals surface area contributed by atoms with E-state index in [0.29, 0.717) is 12.5 Å². The minimum Gasteiger partial charge on any atom is -0.494 e. The van der Waals surface area contributed by atoms with Crippen molar-refractivity contribution in [1.82, 2.24) is 0 Å². The molecule has 0 aliphatic carbocycles. The third-order valence-corrected chi connectivity index (χ3v) is 5.47. The highest BCUT2D eigenvalue weighted by molar-refractivity contribution is 9.10. The molecule has 126 valence electrons. The van der Waals surface area contributed by atoms with E-state index in [2.05, 4.69) is 57.6 Å². The number of nitrogens with one attached hydrogen (secondary N) is 1. The van der Waals surface area contributed by atoms with Crippen LogP contribution in [0.3, 0.4) is 0 Å². The van der Waals surface area contributed by atoms with Gasteiger partial charge in [0.25, 0.3) is 0 Å². The van der Waals surface area contributed by atoms with Crippen LogP contribution in [0.5, 0.6) is 5.75 Å². The molecular weight excluding hydrogens is 366 g/mol. The largest absolute Gasteiger partial charge is 0.494 e. The summed E-state index contributed by atoms with van der Waals surface area (Å²) in [5.74, 6) is 1.39. The molecule has 3 nitrogen and oxygen atoms in total. The smallest absolute Gasteiger partial charge is 0.124 e. The number of ether oxygens (including phenoxy) is 2. The first-order chi connectivity index (χ1) is 11.8. The number of rotatable bonds is 3. The Hall–Kier alpha value is -1.52. The summed E-state index contributed by atoms with van der Waals surface area (Å²) in [5.41, 5.74) is 3.66. The zero-order valence-electron chi connectivity index (χ0n) is 13.8. The number of halogens is 1. The molecule has 2 aliphatic heterocycles. The third-order valence-electron chi connectivity index (χ3n) is 4.98. The van der Waals surface area contributed by atoms with Crippen molar-refractivity contribution in [1.29, 1.82) is 0 Å². The van der Waals surface area contributed by atoms with Gasteiger partial charge in [-0.25, -0.2) is 0 Å². The first-order valence-corrected chi connectivity index (χ1v) is 9.46. The van der Waals surface area contributed by atoms with Crippen molar-refractivity contribution in [2.24, 2.45) is 5.92 Å². The van der Waals surface area contributed by atoms with Crippen molar-refractivity contribution in [3.05, 3.63) is 58.1 Å². The maximum absolute atomic E-state index is 6.21. The van der Waals surface area contributed by atoms with Crippen LogP contribution in [0, 0.1) is 5.92 Å². The second kappa shape index (κ2) is 6.77. The molecule has 2 aliphatic rings. The quantitative estimate of drug-likeness (QED) is 0.755. The number of anilines is 1. The Morgan fingerprint density at radius 1 is 1.21 bits per heavy atom. The predicted molar refractivity (Wildman–Crippen MR) is 99.5 cm³/mol. The van der Waals surface area contributed by atoms with Gasteiger partial charge in [0, 0.05) is 33.8 Å². The van der Waals surface area contributed by atoms with Crippen molar-refractivity contribution >= 4 is 21.6 Å². The number of hydrogen-bond acceptors (Lipinski definition) is 3. The van der Waals surface area contributed by atoms with Crippen molar-refractivity contribution in [3.63, 3.8) is 0 Å². The van der Waals surface area contributed by atoms with Crippen LogP contribution in [0.25, 0.3) is 0 Å². The molecule has 0 saturated carbocycles. The topological polar surface area (TPSA) is 30.5 Å². The molecule has 1 saturated heterocycles. The van der Waals surface area contributed by atoms with Crippen molar-refractivity contribution < 1.29 is 9.47 Å². The van der Waals surface area contributed by atoms with Gasteiger partial charge in [-0.2, -0.15) is 0 Å². The molecule has 3 unspecified atom stereocenters. The lowest BCUT2D eigenvalue weighted by Crippen LogP contribution is -2.36. The van der Waals surface area contributed by atoms with Gasteiger partial charge in [0.1, 0.15) is 5.75 Å². The van der Waals surface area contributed by atoms with Gasteiger partial charge >= 0.3 is 0 Å². The van der Waals surface area contributed by atoms with Crippen LogP contribution in [0.2, 0.25) is 0 Å². The number of benzene rings is 2. The van der Waals surface area contributed by atoms with E-state index in [9.17, 15) is 0 Å². The van der Waals surface area contributed by atoms with Gasteiger partial charge in [-0.1, -0.05) is 34.1 Å². The second-order valence-corrected chi connectivity index (χ2v) is 7.34. The summed E-state index contributed by atoms with van der Waals surface area (Å²) in [6.45, 7) is 3.55. The number of fused-ring (bicyclic) bond motifs is 3. The van der Waals surface area contributed by atoms with Crippen molar-refractivity contribution in [3.8, 4) is 5.75 Å². The number of hydrogen-bond donors (Lipinski definition) is 1. The fourth-order valence-electron chi connectivity index (χ4n) is 3.97. The van der Waals surface area contributed by atoms with E-state index >= 15 is 0 Å². The third kappa shape index (κ3) is 2.82. The first kappa shape index (κ1) is 16.0. The fourth-order valence-corrected chi connectivity index (χ4v) is 4.35. The van der Waals surface area contributed by atoms with E-state index < -0.39 is 0 Å². The molecule has 1 N–H and O–H groups in total. The molecule has 3 atom stereocenters. The van der Waals surface area contributed by atoms with Gasteiger partial charge in [0.15, 0.2) is 0 Å². The van der Waals surface area contributed by atoms with E-state index in [-0.39, 0.29) is 12.1 Å². The SMILES string of the molecule is CCOc1ccccc1C1Nc2ccc(Br)cc2C2OCCCC12. The Morgan fingerprint density at radius 3 is 2.96 bits per heavy atom. The molecular formula is C20H22BrNO2. The summed E-state index contributed by atoms with van der Waals surface area (Å²) >= 11 is 3.60. The average Bonchev–Trinajstić information content (AvgIpc) is 2.62. The molecule has 2 heterocycles. The highest BCUT2D eigenvalue weighted by Gasteiger charge is 2.40. The monoisotopic (exact) mass is 387 g/mol. The normalized spacial score (nSPS) is 25.3. The van der Waals surface area contributed by atoms with E-state index in [0.717, 1.165) is 35.4 Å². The molecule has 1 fully saturated rings. The zero-order chi connectivity index (χ0) is 16.5. The summed E-state index contributed by atoms with van der Waals surface area (Å²) < 4.78 is 13.2. The van der Waals surface area contributed by atoms with Crippen molar-refractivity contribution in [2.75, 3.05) is 18.5 Å². The van der Waals surface area contributed by atoms with Gasteiger partial charge in [-0.15, -0.1) is 0 Å². The Labute approximate surface area is 151 Å². The Balaban J connectivity index is 1.78.